The molecule has 6 nitrogen and oxygen atoms in total. The predicted octanol–water partition coefficient (Wildman–Crippen LogP) is 1.77. The molecule has 1 aromatic carbocycles. The molecule has 0 spiro atoms. The van der Waals surface area contributed by atoms with Crippen molar-refractivity contribution in [3.8, 4) is 0 Å². The van der Waals surface area contributed by atoms with Crippen molar-refractivity contribution in [3.05, 3.63) is 39.9 Å². The first-order valence-corrected chi connectivity index (χ1v) is 8.19. The fourth-order valence-electron chi connectivity index (χ4n) is 3.21. The van der Waals surface area contributed by atoms with Crippen LogP contribution in [0.3, 0.4) is 0 Å². The number of rotatable bonds is 1. The number of benzene rings is 1. The summed E-state index contributed by atoms with van der Waals surface area (Å²) in [7, 11) is 0. The Bertz CT molecular complexity index is 864. The minimum atomic E-state index is -1.08. The SMILES string of the molecule is Cc1nc2ccc(C(C)(C)C)cc2c(=O)n1C1CCC(=O)NC1O. The number of aliphatic hydroxyl groups excluding tert-OH is 1. The molecule has 1 aliphatic heterocycles. The van der Waals surface area contributed by atoms with Crippen LogP contribution in [0.4, 0.5) is 0 Å². The summed E-state index contributed by atoms with van der Waals surface area (Å²) in [4.78, 5) is 29.0. The molecule has 0 aliphatic carbocycles. The number of aryl methyl sites for hydroxylation is 1. The van der Waals surface area contributed by atoms with Crippen molar-refractivity contribution in [1.29, 1.82) is 0 Å². The van der Waals surface area contributed by atoms with E-state index < -0.39 is 12.3 Å². The smallest absolute Gasteiger partial charge is 0.261 e. The van der Waals surface area contributed by atoms with Gasteiger partial charge in [-0.1, -0.05) is 26.8 Å². The second-order valence-electron chi connectivity index (χ2n) is 7.43. The standard InChI is InChI=1S/C18H23N3O3/c1-10-19-13-6-5-11(18(2,3)4)9-12(13)17(24)21(10)14-7-8-15(22)20-16(14)23/h5-6,9,14,16,23H,7-8H2,1-4H3,(H,20,22). The second-order valence-corrected chi connectivity index (χ2v) is 7.43. The van der Waals surface area contributed by atoms with E-state index in [9.17, 15) is 14.7 Å². The van der Waals surface area contributed by atoms with Crippen LogP contribution in [0.1, 0.15) is 51.0 Å². The fraction of sp³-hybridized carbons (Fsp3) is 0.500. The van der Waals surface area contributed by atoms with Gasteiger partial charge in [-0.15, -0.1) is 0 Å². The Morgan fingerprint density at radius 3 is 2.62 bits per heavy atom. The van der Waals surface area contributed by atoms with Crippen molar-refractivity contribution in [2.45, 2.75) is 58.2 Å². The lowest BCUT2D eigenvalue weighted by Crippen LogP contribution is -2.48. The molecule has 6 heteroatoms. The maximum Gasteiger partial charge on any atom is 0.261 e. The monoisotopic (exact) mass is 329 g/mol. The number of fused-ring (bicyclic) bond motifs is 1. The van der Waals surface area contributed by atoms with Gasteiger partial charge in [-0.25, -0.2) is 4.98 Å². The van der Waals surface area contributed by atoms with Crippen LogP contribution in [0.25, 0.3) is 10.9 Å². The molecule has 2 unspecified atom stereocenters. The quantitative estimate of drug-likeness (QED) is 0.835. The van der Waals surface area contributed by atoms with E-state index in [2.05, 4.69) is 31.1 Å². The Kier molecular flexibility index (Phi) is 3.95. The Balaban J connectivity index is 2.18. The highest BCUT2D eigenvalue weighted by Crippen LogP contribution is 2.26. The molecule has 2 atom stereocenters. The fourth-order valence-corrected chi connectivity index (χ4v) is 3.21. The summed E-state index contributed by atoms with van der Waals surface area (Å²) < 4.78 is 1.51. The van der Waals surface area contributed by atoms with Gasteiger partial charge in [0.25, 0.3) is 5.56 Å². The first-order chi connectivity index (χ1) is 11.2. The highest BCUT2D eigenvalue weighted by atomic mass is 16.3. The van der Waals surface area contributed by atoms with E-state index in [0.717, 1.165) is 5.56 Å². The van der Waals surface area contributed by atoms with Gasteiger partial charge in [0.15, 0.2) is 0 Å². The second kappa shape index (κ2) is 5.70. The predicted molar refractivity (Wildman–Crippen MR) is 91.9 cm³/mol. The molecule has 1 aromatic heterocycles. The van der Waals surface area contributed by atoms with Gasteiger partial charge in [0.1, 0.15) is 12.1 Å². The van der Waals surface area contributed by atoms with Gasteiger partial charge in [-0.3, -0.25) is 14.2 Å². The molecule has 0 bridgehead atoms. The van der Waals surface area contributed by atoms with E-state index in [1.807, 2.05) is 18.2 Å². The molecule has 2 aromatic rings. The summed E-state index contributed by atoms with van der Waals surface area (Å²) in [5.41, 5.74) is 1.45. The number of hydrogen-bond donors (Lipinski definition) is 2. The van der Waals surface area contributed by atoms with E-state index >= 15 is 0 Å². The average molecular weight is 329 g/mol. The van der Waals surface area contributed by atoms with Crippen molar-refractivity contribution in [2.24, 2.45) is 0 Å². The Morgan fingerprint density at radius 2 is 2.00 bits per heavy atom. The van der Waals surface area contributed by atoms with Gasteiger partial charge < -0.3 is 10.4 Å². The maximum absolute atomic E-state index is 13.1. The van der Waals surface area contributed by atoms with Crippen LogP contribution in [0.15, 0.2) is 23.0 Å². The molecular weight excluding hydrogens is 306 g/mol. The summed E-state index contributed by atoms with van der Waals surface area (Å²) >= 11 is 0. The molecule has 3 rings (SSSR count). The lowest BCUT2D eigenvalue weighted by Gasteiger charge is -2.31. The molecule has 24 heavy (non-hydrogen) atoms. The zero-order valence-corrected chi connectivity index (χ0v) is 14.5. The van der Waals surface area contributed by atoms with Crippen molar-refractivity contribution in [1.82, 2.24) is 14.9 Å². The van der Waals surface area contributed by atoms with E-state index in [0.29, 0.717) is 23.1 Å². The molecular formula is C18H23N3O3. The molecule has 2 heterocycles. The number of nitrogens with one attached hydrogen (secondary N) is 1. The van der Waals surface area contributed by atoms with Crippen LogP contribution in [-0.2, 0) is 10.2 Å². The zero-order valence-electron chi connectivity index (χ0n) is 14.5. The van der Waals surface area contributed by atoms with Crippen LogP contribution in [-0.4, -0.2) is 26.8 Å². The van der Waals surface area contributed by atoms with Crippen molar-refractivity contribution < 1.29 is 9.90 Å². The molecule has 1 fully saturated rings. The van der Waals surface area contributed by atoms with Crippen molar-refractivity contribution >= 4 is 16.8 Å². The highest BCUT2D eigenvalue weighted by Gasteiger charge is 2.30. The van der Waals surface area contributed by atoms with E-state index in [1.54, 1.807) is 6.92 Å². The number of nitrogens with zero attached hydrogens (tertiary/aromatic N) is 2. The van der Waals surface area contributed by atoms with Gasteiger partial charge in [-0.2, -0.15) is 0 Å². The van der Waals surface area contributed by atoms with Gasteiger partial charge in [0.05, 0.1) is 16.9 Å². The lowest BCUT2D eigenvalue weighted by molar-refractivity contribution is -0.128. The number of piperidine rings is 1. The summed E-state index contributed by atoms with van der Waals surface area (Å²) in [5.74, 6) is 0.337. The maximum atomic E-state index is 13.1. The molecule has 128 valence electrons. The normalized spacial score (nSPS) is 21.8. The van der Waals surface area contributed by atoms with Crippen LogP contribution >= 0.6 is 0 Å². The topological polar surface area (TPSA) is 84.2 Å². The van der Waals surface area contributed by atoms with Gasteiger partial charge >= 0.3 is 0 Å². The average Bonchev–Trinajstić information content (AvgIpc) is 2.48. The summed E-state index contributed by atoms with van der Waals surface area (Å²) in [6.07, 6.45) is -0.374. The summed E-state index contributed by atoms with van der Waals surface area (Å²) in [6, 6.07) is 5.25. The first kappa shape index (κ1) is 16.6. The van der Waals surface area contributed by atoms with Crippen LogP contribution in [0, 0.1) is 6.92 Å². The minimum Gasteiger partial charge on any atom is -0.372 e. The molecule has 0 radical (unpaired) electrons. The highest BCUT2D eigenvalue weighted by molar-refractivity contribution is 5.79. The number of carbonyl (C=O) groups is 1. The number of aliphatic hydroxyl groups is 1. The largest absolute Gasteiger partial charge is 0.372 e. The third-order valence-corrected chi connectivity index (χ3v) is 4.61. The van der Waals surface area contributed by atoms with E-state index in [1.165, 1.54) is 4.57 Å². The Labute approximate surface area is 140 Å². The Morgan fingerprint density at radius 1 is 1.29 bits per heavy atom. The molecule has 0 saturated carbocycles. The summed E-state index contributed by atoms with van der Waals surface area (Å²) in [6.45, 7) is 8.03. The Hall–Kier alpha value is -2.21. The number of carbonyl (C=O) groups excluding carboxylic acids is 1. The van der Waals surface area contributed by atoms with Crippen LogP contribution in [0.5, 0.6) is 0 Å². The lowest BCUT2D eigenvalue weighted by atomic mass is 9.86. The van der Waals surface area contributed by atoms with Gasteiger partial charge in [-0.05, 0) is 36.5 Å². The van der Waals surface area contributed by atoms with E-state index in [-0.39, 0.29) is 23.3 Å². The molecule has 1 saturated heterocycles. The third-order valence-electron chi connectivity index (χ3n) is 4.61. The molecule has 2 N–H and O–H groups in total. The van der Waals surface area contributed by atoms with Gasteiger partial charge in [0, 0.05) is 6.42 Å². The van der Waals surface area contributed by atoms with Crippen molar-refractivity contribution in [3.63, 3.8) is 0 Å². The van der Waals surface area contributed by atoms with E-state index in [4.69, 9.17) is 0 Å². The van der Waals surface area contributed by atoms with Crippen LogP contribution in [0.2, 0.25) is 0 Å². The minimum absolute atomic E-state index is 0.0747. The third kappa shape index (κ3) is 2.82. The number of aromatic nitrogens is 2. The number of hydrogen-bond acceptors (Lipinski definition) is 4. The van der Waals surface area contributed by atoms with Crippen LogP contribution < -0.4 is 10.9 Å². The number of amides is 1. The molecule has 1 aliphatic rings. The molecule has 1 amide bonds. The van der Waals surface area contributed by atoms with Gasteiger partial charge in [0.2, 0.25) is 5.91 Å². The first-order valence-electron chi connectivity index (χ1n) is 8.19. The summed E-state index contributed by atoms with van der Waals surface area (Å²) in [5, 5.41) is 13.2. The zero-order chi connectivity index (χ0) is 17.6. The van der Waals surface area contributed by atoms with Crippen molar-refractivity contribution in [2.75, 3.05) is 0 Å².